The quantitative estimate of drug-likeness (QED) is 0.741. The fourth-order valence-electron chi connectivity index (χ4n) is 1.91. The Balaban J connectivity index is 1.78. The van der Waals surface area contributed by atoms with E-state index < -0.39 is 0 Å². The van der Waals surface area contributed by atoms with Crippen molar-refractivity contribution in [1.82, 2.24) is 25.6 Å². The van der Waals surface area contributed by atoms with Gasteiger partial charge in [-0.25, -0.2) is 4.68 Å². The molecule has 2 amide bonds. The first-order valence-corrected chi connectivity index (χ1v) is 7.56. The van der Waals surface area contributed by atoms with E-state index in [2.05, 4.69) is 20.9 Å². The first kappa shape index (κ1) is 16.7. The zero-order chi connectivity index (χ0) is 16.7. The maximum absolute atomic E-state index is 11.9. The second-order valence-electron chi connectivity index (χ2n) is 5.49. The molecule has 1 aromatic heterocycles. The van der Waals surface area contributed by atoms with E-state index in [9.17, 15) is 9.59 Å². The minimum absolute atomic E-state index is 0.0342. The summed E-state index contributed by atoms with van der Waals surface area (Å²) < 4.78 is 1.62. The van der Waals surface area contributed by atoms with E-state index in [4.69, 9.17) is 0 Å². The van der Waals surface area contributed by atoms with Gasteiger partial charge in [-0.05, 0) is 5.56 Å². The highest BCUT2D eigenvalue weighted by Gasteiger charge is 2.11. The number of carbonyl (C=O) groups is 2. The molecule has 0 radical (unpaired) electrons. The summed E-state index contributed by atoms with van der Waals surface area (Å²) in [5, 5.41) is 13.2. The summed E-state index contributed by atoms with van der Waals surface area (Å²) in [5.41, 5.74) is 1.34. The number of amides is 2. The lowest BCUT2D eigenvalue weighted by Crippen LogP contribution is -2.36. The van der Waals surface area contributed by atoms with Crippen molar-refractivity contribution >= 4 is 11.8 Å². The molecular formula is C16H21N5O2. The lowest BCUT2D eigenvalue weighted by Gasteiger charge is -2.07. The molecule has 0 bridgehead atoms. The molecule has 0 saturated heterocycles. The van der Waals surface area contributed by atoms with E-state index >= 15 is 0 Å². The van der Waals surface area contributed by atoms with Crippen LogP contribution in [0.5, 0.6) is 0 Å². The van der Waals surface area contributed by atoms with Crippen LogP contribution in [0.1, 0.15) is 29.9 Å². The lowest BCUT2D eigenvalue weighted by atomic mass is 10.2. The van der Waals surface area contributed by atoms with Crippen LogP contribution in [-0.2, 0) is 11.3 Å². The smallest absolute Gasteiger partial charge is 0.273 e. The number of carbonyl (C=O) groups excluding carboxylic acids is 2. The summed E-state index contributed by atoms with van der Waals surface area (Å²) in [4.78, 5) is 23.3. The fraction of sp³-hybridized carbons (Fsp3) is 0.375. The Bertz CT molecular complexity index is 652. The average Bonchev–Trinajstić information content (AvgIpc) is 3.00. The van der Waals surface area contributed by atoms with Crippen molar-refractivity contribution in [3.8, 4) is 0 Å². The number of aromatic nitrogens is 3. The number of hydrogen-bond donors (Lipinski definition) is 2. The van der Waals surface area contributed by atoms with E-state index in [0.717, 1.165) is 5.56 Å². The van der Waals surface area contributed by atoms with Crippen LogP contribution in [0.2, 0.25) is 0 Å². The van der Waals surface area contributed by atoms with E-state index in [1.165, 1.54) is 0 Å². The summed E-state index contributed by atoms with van der Waals surface area (Å²) in [7, 11) is 0. The molecular weight excluding hydrogens is 294 g/mol. The van der Waals surface area contributed by atoms with E-state index in [-0.39, 0.29) is 23.4 Å². The van der Waals surface area contributed by atoms with Gasteiger partial charge in [0.2, 0.25) is 5.91 Å². The molecule has 7 nitrogen and oxygen atoms in total. The minimum atomic E-state index is -0.303. The molecule has 2 aromatic rings. The third kappa shape index (κ3) is 5.21. The molecule has 2 N–H and O–H groups in total. The van der Waals surface area contributed by atoms with Gasteiger partial charge in [0, 0.05) is 19.0 Å². The summed E-state index contributed by atoms with van der Waals surface area (Å²) in [5.74, 6) is -0.403. The number of benzene rings is 1. The summed E-state index contributed by atoms with van der Waals surface area (Å²) in [6.07, 6.45) is 1.61. The van der Waals surface area contributed by atoms with Gasteiger partial charge in [0.1, 0.15) is 0 Å². The molecule has 23 heavy (non-hydrogen) atoms. The number of nitrogens with one attached hydrogen (secondary N) is 2. The van der Waals surface area contributed by atoms with Crippen LogP contribution in [0.15, 0.2) is 36.5 Å². The van der Waals surface area contributed by atoms with Crippen molar-refractivity contribution in [3.05, 3.63) is 47.8 Å². The van der Waals surface area contributed by atoms with Gasteiger partial charge in [0.15, 0.2) is 5.69 Å². The largest absolute Gasteiger partial charge is 0.354 e. The molecule has 0 saturated carbocycles. The number of rotatable bonds is 7. The summed E-state index contributed by atoms with van der Waals surface area (Å²) >= 11 is 0. The minimum Gasteiger partial charge on any atom is -0.354 e. The Morgan fingerprint density at radius 3 is 2.52 bits per heavy atom. The van der Waals surface area contributed by atoms with Crippen molar-refractivity contribution < 1.29 is 9.59 Å². The maximum Gasteiger partial charge on any atom is 0.273 e. The van der Waals surface area contributed by atoms with Crippen molar-refractivity contribution in [3.63, 3.8) is 0 Å². The van der Waals surface area contributed by atoms with Gasteiger partial charge in [0.05, 0.1) is 12.7 Å². The molecule has 7 heteroatoms. The van der Waals surface area contributed by atoms with Crippen LogP contribution < -0.4 is 10.6 Å². The Kier molecular flexibility index (Phi) is 5.85. The molecule has 0 spiro atoms. The molecule has 2 rings (SSSR count). The van der Waals surface area contributed by atoms with Crippen molar-refractivity contribution in [2.24, 2.45) is 5.92 Å². The van der Waals surface area contributed by atoms with Crippen LogP contribution >= 0.6 is 0 Å². The van der Waals surface area contributed by atoms with Crippen LogP contribution in [-0.4, -0.2) is 39.9 Å². The van der Waals surface area contributed by atoms with Gasteiger partial charge >= 0.3 is 0 Å². The monoisotopic (exact) mass is 315 g/mol. The second-order valence-corrected chi connectivity index (χ2v) is 5.49. The molecule has 0 atom stereocenters. The average molecular weight is 315 g/mol. The lowest BCUT2D eigenvalue weighted by molar-refractivity contribution is -0.123. The first-order chi connectivity index (χ1) is 11.1. The SMILES string of the molecule is CC(C)C(=O)NCCNC(=O)c1cn(Cc2ccccc2)nn1. The fourth-order valence-corrected chi connectivity index (χ4v) is 1.91. The molecule has 0 aliphatic carbocycles. The van der Waals surface area contributed by atoms with E-state index in [1.54, 1.807) is 10.9 Å². The summed E-state index contributed by atoms with van der Waals surface area (Å²) in [6, 6.07) is 9.82. The molecule has 0 unspecified atom stereocenters. The predicted molar refractivity (Wildman–Crippen MR) is 85.7 cm³/mol. The van der Waals surface area contributed by atoms with Gasteiger partial charge in [-0.1, -0.05) is 49.4 Å². The molecule has 1 heterocycles. The molecule has 0 aliphatic heterocycles. The van der Waals surface area contributed by atoms with Gasteiger partial charge in [-0.3, -0.25) is 9.59 Å². The van der Waals surface area contributed by atoms with E-state index in [1.807, 2.05) is 44.2 Å². The zero-order valence-corrected chi connectivity index (χ0v) is 13.3. The first-order valence-electron chi connectivity index (χ1n) is 7.56. The number of nitrogens with zero attached hydrogens (tertiary/aromatic N) is 3. The van der Waals surface area contributed by atoms with Crippen LogP contribution in [0.3, 0.4) is 0 Å². The molecule has 0 fully saturated rings. The Hall–Kier alpha value is -2.70. The van der Waals surface area contributed by atoms with Gasteiger partial charge in [-0.2, -0.15) is 0 Å². The second kappa shape index (κ2) is 8.07. The highest BCUT2D eigenvalue weighted by Crippen LogP contribution is 2.02. The molecule has 1 aromatic carbocycles. The zero-order valence-electron chi connectivity index (χ0n) is 13.3. The van der Waals surface area contributed by atoms with Gasteiger partial charge in [-0.15, -0.1) is 5.10 Å². The van der Waals surface area contributed by atoms with Gasteiger partial charge < -0.3 is 10.6 Å². The molecule has 0 aliphatic rings. The van der Waals surface area contributed by atoms with Crippen molar-refractivity contribution in [2.75, 3.05) is 13.1 Å². The normalized spacial score (nSPS) is 10.6. The Morgan fingerprint density at radius 2 is 1.83 bits per heavy atom. The maximum atomic E-state index is 11.9. The van der Waals surface area contributed by atoms with Crippen LogP contribution in [0.4, 0.5) is 0 Å². The number of hydrogen-bond acceptors (Lipinski definition) is 4. The topological polar surface area (TPSA) is 88.9 Å². The third-order valence-corrected chi connectivity index (χ3v) is 3.19. The van der Waals surface area contributed by atoms with Crippen molar-refractivity contribution in [2.45, 2.75) is 20.4 Å². The Labute approximate surface area is 135 Å². The molecule has 122 valence electrons. The standard InChI is InChI=1S/C16H21N5O2/c1-12(2)15(22)17-8-9-18-16(23)14-11-21(20-19-14)10-13-6-4-3-5-7-13/h3-7,11-12H,8-10H2,1-2H3,(H,17,22)(H,18,23). The van der Waals surface area contributed by atoms with Gasteiger partial charge in [0.25, 0.3) is 5.91 Å². The van der Waals surface area contributed by atoms with E-state index in [0.29, 0.717) is 19.6 Å². The van der Waals surface area contributed by atoms with Crippen LogP contribution in [0, 0.1) is 5.92 Å². The highest BCUT2D eigenvalue weighted by atomic mass is 16.2. The summed E-state index contributed by atoms with van der Waals surface area (Å²) in [6.45, 7) is 4.94. The van der Waals surface area contributed by atoms with Crippen LogP contribution in [0.25, 0.3) is 0 Å². The highest BCUT2D eigenvalue weighted by molar-refractivity contribution is 5.91. The Morgan fingerprint density at radius 1 is 1.13 bits per heavy atom. The predicted octanol–water partition coefficient (Wildman–Crippen LogP) is 0.828. The van der Waals surface area contributed by atoms with Crippen molar-refractivity contribution in [1.29, 1.82) is 0 Å². The third-order valence-electron chi connectivity index (χ3n) is 3.19.